The number of nitrogens with zero attached hydrogens (tertiary/aromatic N) is 1. The molecule has 28 heavy (non-hydrogen) atoms. The number of ether oxygens (including phenoxy) is 2. The van der Waals surface area contributed by atoms with Gasteiger partial charge < -0.3 is 14.8 Å². The molecule has 0 bridgehead atoms. The van der Waals surface area contributed by atoms with Crippen LogP contribution in [0.15, 0.2) is 59.8 Å². The summed E-state index contributed by atoms with van der Waals surface area (Å²) in [6.07, 6.45) is 0. The number of methoxy groups -OCH3 is 1. The Labute approximate surface area is 168 Å². The Morgan fingerprint density at radius 1 is 1.21 bits per heavy atom. The first-order chi connectivity index (χ1) is 13.5. The molecule has 7 heteroatoms. The number of anilines is 1. The molecule has 0 aliphatic carbocycles. The molecule has 2 aromatic carbocycles. The molecule has 0 spiro atoms. The van der Waals surface area contributed by atoms with Crippen LogP contribution < -0.4 is 15.0 Å². The molecule has 1 N–H and O–H groups in total. The summed E-state index contributed by atoms with van der Waals surface area (Å²) >= 11 is 6.11. The summed E-state index contributed by atoms with van der Waals surface area (Å²) in [6, 6.07) is 13.1. The molecule has 1 atom stereocenters. The SMILES string of the molecule is CCOC(=O)C1=C(C)N(c2ccc(OC)cc2)C(=O)NC1c1cccc(Cl)c1. The fraction of sp³-hybridized carbons (Fsp3) is 0.238. The molecular weight excluding hydrogens is 380 g/mol. The maximum Gasteiger partial charge on any atom is 0.338 e. The summed E-state index contributed by atoms with van der Waals surface area (Å²) in [5.74, 6) is 0.189. The van der Waals surface area contributed by atoms with E-state index in [9.17, 15) is 9.59 Å². The molecule has 1 aliphatic rings. The maximum atomic E-state index is 12.9. The van der Waals surface area contributed by atoms with Crippen molar-refractivity contribution >= 4 is 29.3 Å². The molecule has 146 valence electrons. The predicted octanol–water partition coefficient (Wildman–Crippen LogP) is 4.46. The topological polar surface area (TPSA) is 67.9 Å². The van der Waals surface area contributed by atoms with Crippen LogP contribution in [0, 0.1) is 0 Å². The molecule has 1 aliphatic heterocycles. The highest BCUT2D eigenvalue weighted by molar-refractivity contribution is 6.30. The van der Waals surface area contributed by atoms with Gasteiger partial charge in [0.25, 0.3) is 0 Å². The number of hydrogen-bond donors (Lipinski definition) is 1. The van der Waals surface area contributed by atoms with Crippen molar-refractivity contribution in [2.24, 2.45) is 0 Å². The lowest BCUT2D eigenvalue weighted by molar-refractivity contribution is -0.139. The van der Waals surface area contributed by atoms with E-state index in [4.69, 9.17) is 21.1 Å². The van der Waals surface area contributed by atoms with Gasteiger partial charge in [0.1, 0.15) is 5.75 Å². The smallest absolute Gasteiger partial charge is 0.338 e. The lowest BCUT2D eigenvalue weighted by atomic mass is 9.94. The van der Waals surface area contributed by atoms with Crippen LogP contribution in [0.5, 0.6) is 5.75 Å². The summed E-state index contributed by atoms with van der Waals surface area (Å²) in [4.78, 5) is 27.1. The molecule has 1 unspecified atom stereocenters. The van der Waals surface area contributed by atoms with E-state index in [1.807, 2.05) is 6.07 Å². The molecular formula is C21H21ClN2O4. The Morgan fingerprint density at radius 3 is 2.54 bits per heavy atom. The van der Waals surface area contributed by atoms with E-state index >= 15 is 0 Å². The summed E-state index contributed by atoms with van der Waals surface area (Å²) < 4.78 is 10.4. The van der Waals surface area contributed by atoms with Crippen LogP contribution in [-0.2, 0) is 9.53 Å². The van der Waals surface area contributed by atoms with Crippen molar-refractivity contribution in [3.05, 3.63) is 70.4 Å². The number of halogens is 1. The number of urea groups is 1. The van der Waals surface area contributed by atoms with Crippen LogP contribution in [0.25, 0.3) is 0 Å². The molecule has 2 aromatic rings. The molecule has 0 saturated heterocycles. The van der Waals surface area contributed by atoms with E-state index in [0.717, 1.165) is 0 Å². The highest BCUT2D eigenvalue weighted by Crippen LogP contribution is 2.35. The fourth-order valence-electron chi connectivity index (χ4n) is 3.19. The first-order valence-electron chi connectivity index (χ1n) is 8.84. The van der Waals surface area contributed by atoms with Gasteiger partial charge in [-0.2, -0.15) is 0 Å². The van der Waals surface area contributed by atoms with E-state index in [1.165, 1.54) is 4.90 Å². The summed E-state index contributed by atoms with van der Waals surface area (Å²) in [6.45, 7) is 3.70. The van der Waals surface area contributed by atoms with Crippen LogP contribution in [0.2, 0.25) is 5.02 Å². The van der Waals surface area contributed by atoms with Gasteiger partial charge in [0.2, 0.25) is 0 Å². The second kappa shape index (κ2) is 8.35. The van der Waals surface area contributed by atoms with E-state index in [2.05, 4.69) is 5.32 Å². The van der Waals surface area contributed by atoms with Crippen LogP contribution in [0.4, 0.5) is 10.5 Å². The molecule has 0 radical (unpaired) electrons. The van der Waals surface area contributed by atoms with Gasteiger partial charge >= 0.3 is 12.0 Å². The van der Waals surface area contributed by atoms with Gasteiger partial charge in [-0.3, -0.25) is 4.90 Å². The van der Waals surface area contributed by atoms with Gasteiger partial charge in [-0.05, 0) is 55.8 Å². The molecule has 0 fully saturated rings. The molecule has 0 aromatic heterocycles. The standard InChI is InChI=1S/C21H21ClN2O4/c1-4-28-20(25)18-13(2)24(16-8-10-17(27-3)11-9-16)21(26)23-19(18)14-6-5-7-15(22)12-14/h5-12,19H,4H2,1-3H3,(H,23,26). The monoisotopic (exact) mass is 400 g/mol. The van der Waals surface area contributed by atoms with E-state index in [1.54, 1.807) is 63.4 Å². The Balaban J connectivity index is 2.10. The van der Waals surface area contributed by atoms with Crippen molar-refractivity contribution in [3.8, 4) is 5.75 Å². The van der Waals surface area contributed by atoms with Crippen molar-refractivity contribution in [2.75, 3.05) is 18.6 Å². The highest BCUT2D eigenvalue weighted by atomic mass is 35.5. The van der Waals surface area contributed by atoms with Gasteiger partial charge in [-0.15, -0.1) is 0 Å². The van der Waals surface area contributed by atoms with Crippen molar-refractivity contribution in [3.63, 3.8) is 0 Å². The number of nitrogens with one attached hydrogen (secondary N) is 1. The van der Waals surface area contributed by atoms with E-state index in [-0.39, 0.29) is 12.6 Å². The van der Waals surface area contributed by atoms with Gasteiger partial charge in [0, 0.05) is 10.7 Å². The minimum Gasteiger partial charge on any atom is -0.497 e. The number of rotatable bonds is 5. The van der Waals surface area contributed by atoms with Gasteiger partial charge in [0.05, 0.1) is 31.0 Å². The fourth-order valence-corrected chi connectivity index (χ4v) is 3.39. The molecule has 3 rings (SSSR count). The Kier molecular flexibility index (Phi) is 5.90. The quantitative estimate of drug-likeness (QED) is 0.752. The number of allylic oxidation sites excluding steroid dienone is 1. The van der Waals surface area contributed by atoms with Crippen LogP contribution in [-0.4, -0.2) is 25.7 Å². The minimum atomic E-state index is -0.653. The maximum absolute atomic E-state index is 12.9. The lowest BCUT2D eigenvalue weighted by Gasteiger charge is -2.35. The van der Waals surface area contributed by atoms with Crippen LogP contribution in [0.1, 0.15) is 25.5 Å². The summed E-state index contributed by atoms with van der Waals surface area (Å²) in [5.41, 5.74) is 2.18. The highest BCUT2D eigenvalue weighted by Gasteiger charge is 2.37. The van der Waals surface area contributed by atoms with Gasteiger partial charge in [-0.1, -0.05) is 23.7 Å². The van der Waals surface area contributed by atoms with Crippen LogP contribution >= 0.6 is 11.6 Å². The minimum absolute atomic E-state index is 0.231. The van der Waals surface area contributed by atoms with Crippen molar-refractivity contribution < 1.29 is 19.1 Å². The second-order valence-electron chi connectivity index (χ2n) is 6.19. The average molecular weight is 401 g/mol. The molecule has 2 amide bonds. The zero-order chi connectivity index (χ0) is 20.3. The number of esters is 1. The average Bonchev–Trinajstić information content (AvgIpc) is 2.68. The van der Waals surface area contributed by atoms with Crippen molar-refractivity contribution in [1.82, 2.24) is 5.32 Å². The molecule has 6 nitrogen and oxygen atoms in total. The third-order valence-corrected chi connectivity index (χ3v) is 4.73. The number of carbonyl (C=O) groups is 2. The first-order valence-corrected chi connectivity index (χ1v) is 9.22. The second-order valence-corrected chi connectivity index (χ2v) is 6.63. The summed E-state index contributed by atoms with van der Waals surface area (Å²) in [5, 5.41) is 3.41. The number of amides is 2. The van der Waals surface area contributed by atoms with Crippen molar-refractivity contribution in [2.45, 2.75) is 19.9 Å². The van der Waals surface area contributed by atoms with E-state index < -0.39 is 12.0 Å². The molecule has 0 saturated carbocycles. The number of hydrogen-bond acceptors (Lipinski definition) is 4. The molecule has 1 heterocycles. The summed E-state index contributed by atoms with van der Waals surface area (Å²) in [7, 11) is 1.57. The lowest BCUT2D eigenvalue weighted by Crippen LogP contribution is -2.48. The third-order valence-electron chi connectivity index (χ3n) is 4.49. The number of carbonyl (C=O) groups excluding carboxylic acids is 2. The Hall–Kier alpha value is -2.99. The van der Waals surface area contributed by atoms with Gasteiger partial charge in [-0.25, -0.2) is 9.59 Å². The normalized spacial score (nSPS) is 16.6. The predicted molar refractivity (Wildman–Crippen MR) is 108 cm³/mol. The first kappa shape index (κ1) is 19.8. The number of benzene rings is 2. The third kappa shape index (κ3) is 3.82. The van der Waals surface area contributed by atoms with E-state index in [0.29, 0.717) is 33.3 Å². The zero-order valence-corrected chi connectivity index (χ0v) is 16.6. The Morgan fingerprint density at radius 2 is 1.93 bits per heavy atom. The largest absolute Gasteiger partial charge is 0.497 e. The van der Waals surface area contributed by atoms with Crippen LogP contribution in [0.3, 0.4) is 0 Å². The van der Waals surface area contributed by atoms with Gasteiger partial charge in [0.15, 0.2) is 0 Å². The zero-order valence-electron chi connectivity index (χ0n) is 15.9. The van der Waals surface area contributed by atoms with Crippen molar-refractivity contribution in [1.29, 1.82) is 0 Å². The Bertz CT molecular complexity index is 924.